The molecule has 0 bridgehead atoms. The number of para-hydroxylation sites is 1. The Labute approximate surface area is 339 Å². The van der Waals surface area contributed by atoms with Gasteiger partial charge >= 0.3 is 0 Å². The summed E-state index contributed by atoms with van der Waals surface area (Å²) in [5, 5.41) is 5.12. The highest BCUT2D eigenvalue weighted by Gasteiger charge is 2.43. The summed E-state index contributed by atoms with van der Waals surface area (Å²) >= 11 is 0. The van der Waals surface area contributed by atoms with E-state index in [0.29, 0.717) is 0 Å². The maximum absolute atomic E-state index is 7.18. The van der Waals surface area contributed by atoms with E-state index in [4.69, 9.17) is 4.74 Å². The fraction of sp³-hybridized carbons (Fsp3) is 0.107. The molecule has 9 aromatic carbocycles. The molecular weight excluding hydrogens is 703 g/mol. The van der Waals surface area contributed by atoms with Gasteiger partial charge in [0.1, 0.15) is 0 Å². The zero-order valence-corrected chi connectivity index (χ0v) is 33.1. The molecule has 0 atom stereocenters. The molecule has 0 N–H and O–H groups in total. The predicted molar refractivity (Wildman–Crippen MR) is 242 cm³/mol. The smallest absolute Gasteiger partial charge is 0.151 e. The number of rotatable bonds is 3. The SMILES string of the molecule is CC1(C)c2cc3c(cc2-c2c1cc(-c1ccccc1)c1ccccc21)N(c1ccccc1)c1cc2c(cc1O3)C(C)(C)c1cc(-c3ccccc3)c3ccccc3c1-2. The van der Waals surface area contributed by atoms with Crippen LogP contribution < -0.4 is 9.64 Å². The van der Waals surface area contributed by atoms with Crippen molar-refractivity contribution in [3.05, 3.63) is 198 Å². The summed E-state index contributed by atoms with van der Waals surface area (Å²) in [6.07, 6.45) is 0. The molecule has 0 aromatic heterocycles. The molecule has 9 aromatic rings. The summed E-state index contributed by atoms with van der Waals surface area (Å²) < 4.78 is 7.18. The van der Waals surface area contributed by atoms with Crippen molar-refractivity contribution in [3.8, 4) is 56.0 Å². The maximum atomic E-state index is 7.18. The first kappa shape index (κ1) is 33.3. The third-order valence-corrected chi connectivity index (χ3v) is 13.4. The maximum Gasteiger partial charge on any atom is 0.151 e. The van der Waals surface area contributed by atoms with E-state index in [9.17, 15) is 0 Å². The Morgan fingerprint density at radius 3 is 1.17 bits per heavy atom. The zero-order valence-electron chi connectivity index (χ0n) is 33.1. The molecule has 0 amide bonds. The van der Waals surface area contributed by atoms with Gasteiger partial charge in [-0.2, -0.15) is 0 Å². The lowest BCUT2D eigenvalue weighted by atomic mass is 9.80. The highest BCUT2D eigenvalue weighted by atomic mass is 16.5. The second kappa shape index (κ2) is 11.8. The molecule has 1 aliphatic heterocycles. The lowest BCUT2D eigenvalue weighted by Gasteiger charge is -2.35. The van der Waals surface area contributed by atoms with E-state index in [0.717, 1.165) is 28.6 Å². The summed E-state index contributed by atoms with van der Waals surface area (Å²) in [6, 6.07) is 64.8. The van der Waals surface area contributed by atoms with Gasteiger partial charge in [-0.05, 0) is 137 Å². The summed E-state index contributed by atoms with van der Waals surface area (Å²) in [4.78, 5) is 2.44. The van der Waals surface area contributed by atoms with Crippen LogP contribution in [0.5, 0.6) is 11.5 Å². The van der Waals surface area contributed by atoms with Crippen molar-refractivity contribution < 1.29 is 4.74 Å². The highest BCUT2D eigenvalue weighted by molar-refractivity contribution is 6.12. The van der Waals surface area contributed by atoms with Gasteiger partial charge in [0.2, 0.25) is 0 Å². The van der Waals surface area contributed by atoms with E-state index >= 15 is 0 Å². The minimum atomic E-state index is -0.243. The average Bonchev–Trinajstić information content (AvgIpc) is 3.62. The molecule has 2 heteroatoms. The van der Waals surface area contributed by atoms with Gasteiger partial charge in [0.15, 0.2) is 11.5 Å². The normalized spacial score (nSPS) is 14.9. The van der Waals surface area contributed by atoms with Gasteiger partial charge in [-0.25, -0.2) is 0 Å². The van der Waals surface area contributed by atoms with Gasteiger partial charge in [0.25, 0.3) is 0 Å². The van der Waals surface area contributed by atoms with E-state index < -0.39 is 0 Å². The van der Waals surface area contributed by atoms with Crippen LogP contribution in [0.2, 0.25) is 0 Å². The standard InChI is InChI=1S/C56H41NO/c1-55(2)45-32-51-49(30-43(45)53-39-26-16-14-24-37(39)41(28-47(53)55)34-18-8-5-9-19-34)57(36-22-12-7-13-23-36)50-31-44-46(33-52(50)58-51)56(3,4)48-29-42(35-20-10-6-11-21-35)38-25-15-17-27-40(38)54(44)48/h5-33H,1-4H3. The Morgan fingerprint density at radius 2 is 0.741 bits per heavy atom. The fourth-order valence-electron chi connectivity index (χ4n) is 10.5. The Hall–Kier alpha value is -6.90. The van der Waals surface area contributed by atoms with Crippen LogP contribution in [0.25, 0.3) is 66.1 Å². The fourth-order valence-corrected chi connectivity index (χ4v) is 10.5. The number of hydrogen-bond acceptors (Lipinski definition) is 2. The van der Waals surface area contributed by atoms with Crippen LogP contribution in [-0.4, -0.2) is 0 Å². The van der Waals surface area contributed by atoms with Crippen molar-refractivity contribution >= 4 is 38.6 Å². The van der Waals surface area contributed by atoms with Crippen LogP contribution in [0.4, 0.5) is 17.1 Å². The van der Waals surface area contributed by atoms with Gasteiger partial charge in [0, 0.05) is 16.5 Å². The van der Waals surface area contributed by atoms with Crippen LogP contribution in [0.1, 0.15) is 49.9 Å². The molecule has 0 fully saturated rings. The van der Waals surface area contributed by atoms with E-state index in [1.54, 1.807) is 0 Å². The molecule has 2 aliphatic carbocycles. The van der Waals surface area contributed by atoms with E-state index in [2.05, 4.69) is 209 Å². The van der Waals surface area contributed by atoms with Crippen LogP contribution in [0, 0.1) is 0 Å². The second-order valence-corrected chi connectivity index (χ2v) is 17.3. The molecule has 0 saturated carbocycles. The van der Waals surface area contributed by atoms with E-state index in [1.807, 2.05) is 0 Å². The zero-order chi connectivity index (χ0) is 38.9. The minimum absolute atomic E-state index is 0.243. The van der Waals surface area contributed by atoms with Crippen LogP contribution in [-0.2, 0) is 10.8 Å². The number of ether oxygens (including phenoxy) is 1. The Bertz CT molecular complexity index is 2980. The summed E-state index contributed by atoms with van der Waals surface area (Å²) in [5.74, 6) is 1.77. The predicted octanol–water partition coefficient (Wildman–Crippen LogP) is 15.5. The average molecular weight is 744 g/mol. The Morgan fingerprint density at radius 1 is 0.362 bits per heavy atom. The van der Waals surface area contributed by atoms with E-state index in [-0.39, 0.29) is 10.8 Å². The molecule has 0 unspecified atom stereocenters. The molecule has 58 heavy (non-hydrogen) atoms. The van der Waals surface area contributed by atoms with Gasteiger partial charge < -0.3 is 9.64 Å². The van der Waals surface area contributed by atoms with Crippen molar-refractivity contribution in [3.63, 3.8) is 0 Å². The van der Waals surface area contributed by atoms with Crippen molar-refractivity contribution in [1.82, 2.24) is 0 Å². The van der Waals surface area contributed by atoms with Crippen molar-refractivity contribution in [2.45, 2.75) is 38.5 Å². The number of fused-ring (bicyclic) bond motifs is 12. The molecule has 3 aliphatic rings. The third kappa shape index (κ3) is 4.49. The van der Waals surface area contributed by atoms with Crippen LogP contribution in [0.3, 0.4) is 0 Å². The summed E-state index contributed by atoms with van der Waals surface area (Å²) in [5.41, 5.74) is 18.2. The molecule has 1 heterocycles. The van der Waals surface area contributed by atoms with Crippen LogP contribution in [0.15, 0.2) is 176 Å². The molecule has 0 saturated heterocycles. The second-order valence-electron chi connectivity index (χ2n) is 17.3. The van der Waals surface area contributed by atoms with Gasteiger partial charge in [0.05, 0.1) is 11.4 Å². The first-order valence-electron chi connectivity index (χ1n) is 20.4. The summed E-state index contributed by atoms with van der Waals surface area (Å²) in [6.45, 7) is 9.50. The minimum Gasteiger partial charge on any atom is -0.453 e. The molecular formula is C56H41NO. The highest BCUT2D eigenvalue weighted by Crippen LogP contribution is 2.62. The number of benzene rings is 9. The third-order valence-electron chi connectivity index (χ3n) is 13.4. The quantitative estimate of drug-likeness (QED) is 0.179. The Balaban J connectivity index is 1.10. The van der Waals surface area contributed by atoms with Crippen LogP contribution >= 0.6 is 0 Å². The van der Waals surface area contributed by atoms with Gasteiger partial charge in [-0.1, -0.05) is 155 Å². The first-order chi connectivity index (χ1) is 28.3. The van der Waals surface area contributed by atoms with E-state index in [1.165, 1.54) is 88.3 Å². The van der Waals surface area contributed by atoms with Crippen molar-refractivity contribution in [2.24, 2.45) is 0 Å². The number of anilines is 3. The lowest BCUT2D eigenvalue weighted by Crippen LogP contribution is -2.19. The summed E-state index contributed by atoms with van der Waals surface area (Å²) in [7, 11) is 0. The van der Waals surface area contributed by atoms with Crippen molar-refractivity contribution in [1.29, 1.82) is 0 Å². The van der Waals surface area contributed by atoms with Gasteiger partial charge in [-0.15, -0.1) is 0 Å². The largest absolute Gasteiger partial charge is 0.453 e. The molecule has 276 valence electrons. The molecule has 2 nitrogen and oxygen atoms in total. The lowest BCUT2D eigenvalue weighted by molar-refractivity contribution is 0.473. The first-order valence-corrected chi connectivity index (χ1v) is 20.4. The molecule has 0 radical (unpaired) electrons. The molecule has 0 spiro atoms. The van der Waals surface area contributed by atoms with Crippen molar-refractivity contribution in [2.75, 3.05) is 4.90 Å². The van der Waals surface area contributed by atoms with Gasteiger partial charge in [-0.3, -0.25) is 0 Å². The Kier molecular flexibility index (Phi) is 6.78. The topological polar surface area (TPSA) is 12.5 Å². The number of nitrogens with zero attached hydrogens (tertiary/aromatic N) is 1. The number of hydrogen-bond donors (Lipinski definition) is 0. The monoisotopic (exact) mass is 743 g/mol. The molecule has 12 rings (SSSR count).